The highest BCUT2D eigenvalue weighted by Crippen LogP contribution is 2.60. The summed E-state index contributed by atoms with van der Waals surface area (Å²) in [7, 11) is 0. The normalized spacial score (nSPS) is 12.3. The van der Waals surface area contributed by atoms with Gasteiger partial charge in [0.2, 0.25) is 0 Å². The minimum Gasteiger partial charge on any atom is -0.0617 e. The van der Waals surface area contributed by atoms with Crippen molar-refractivity contribution in [2.45, 2.75) is 27.7 Å². The van der Waals surface area contributed by atoms with Gasteiger partial charge in [-0.15, -0.1) is 0 Å². The lowest BCUT2D eigenvalue weighted by Crippen LogP contribution is -1.98. The van der Waals surface area contributed by atoms with Crippen LogP contribution in [0.3, 0.4) is 0 Å². The van der Waals surface area contributed by atoms with Crippen molar-refractivity contribution in [2.75, 3.05) is 0 Å². The van der Waals surface area contributed by atoms with Crippen molar-refractivity contribution in [3.05, 3.63) is 144 Å². The van der Waals surface area contributed by atoms with E-state index in [0.717, 1.165) is 0 Å². The van der Waals surface area contributed by atoms with Crippen molar-refractivity contribution >= 4 is 53.9 Å². The molecule has 0 spiro atoms. The first-order valence-corrected chi connectivity index (χ1v) is 16.4. The summed E-state index contributed by atoms with van der Waals surface area (Å²) in [6, 6.07) is 45.9. The molecule has 0 radical (unpaired) electrons. The zero-order valence-electron chi connectivity index (χ0n) is 26.5. The number of aryl methyl sites for hydroxylation is 4. The molecular weight excluding hydrogens is 553 g/mol. The summed E-state index contributed by atoms with van der Waals surface area (Å²) in [5, 5.41) is 13.5. The molecule has 0 heterocycles. The molecule has 0 bridgehead atoms. The Kier molecular flexibility index (Phi) is 5.08. The SMILES string of the molecule is Cc1cccc(C)c1-c1c2c(c(-c3c(C)cccc3C)c3ccccc13)-c1ccc3c4cccc5cccc(c6ccc-2c1c63)c54. The van der Waals surface area contributed by atoms with Crippen LogP contribution in [0.5, 0.6) is 0 Å². The summed E-state index contributed by atoms with van der Waals surface area (Å²) in [4.78, 5) is 0. The first kappa shape index (κ1) is 25.8. The molecule has 0 aliphatic heterocycles. The zero-order chi connectivity index (χ0) is 30.8. The Labute approximate surface area is 268 Å². The van der Waals surface area contributed by atoms with Crippen molar-refractivity contribution < 1.29 is 0 Å². The predicted molar refractivity (Wildman–Crippen MR) is 199 cm³/mol. The van der Waals surface area contributed by atoms with Crippen molar-refractivity contribution in [3.8, 4) is 44.5 Å². The Bertz CT molecular complexity index is 2550. The minimum atomic E-state index is 1.31. The smallest absolute Gasteiger partial charge is 0.000720 e. The fraction of sp³-hybridized carbons (Fsp3) is 0.0870. The van der Waals surface area contributed by atoms with E-state index in [1.54, 1.807) is 0 Å². The molecule has 0 nitrogen and oxygen atoms in total. The summed E-state index contributed by atoms with van der Waals surface area (Å²) >= 11 is 0. The Morgan fingerprint density at radius 2 is 0.652 bits per heavy atom. The van der Waals surface area contributed by atoms with Crippen LogP contribution in [0.15, 0.2) is 121 Å². The highest BCUT2D eigenvalue weighted by molar-refractivity contribution is 6.39. The molecule has 1 aliphatic rings. The maximum Gasteiger partial charge on any atom is -0.000720 e. The molecule has 0 aromatic heterocycles. The predicted octanol–water partition coefficient (Wildman–Crippen LogP) is 13.1. The Morgan fingerprint density at radius 3 is 1.11 bits per heavy atom. The van der Waals surface area contributed by atoms with Gasteiger partial charge in [0.1, 0.15) is 0 Å². The molecule has 9 aromatic carbocycles. The van der Waals surface area contributed by atoms with Crippen LogP contribution in [-0.2, 0) is 0 Å². The van der Waals surface area contributed by atoms with Crippen LogP contribution in [0, 0.1) is 27.7 Å². The monoisotopic (exact) mass is 584 g/mol. The molecule has 216 valence electrons. The summed E-state index contributed by atoms with van der Waals surface area (Å²) in [6.07, 6.45) is 0. The Hall–Kier alpha value is -5.46. The third kappa shape index (κ3) is 3.14. The van der Waals surface area contributed by atoms with E-state index in [4.69, 9.17) is 0 Å². The van der Waals surface area contributed by atoms with Crippen LogP contribution < -0.4 is 0 Å². The molecule has 9 aromatic rings. The standard InChI is InChI=1S/C46H32/c1-25-11-7-12-26(2)38(25)43-32-17-5-6-18-33(32)44(39-27(3)13-8-14-28(39)4)46-37-24-22-35-31-20-10-16-29-15-9-19-30(40(29)31)34-21-23-36(45(43)46)42(37)41(34)35/h5-24H,1-4H3. The van der Waals surface area contributed by atoms with Crippen LogP contribution in [0.2, 0.25) is 0 Å². The number of rotatable bonds is 2. The quantitative estimate of drug-likeness (QED) is 0.140. The van der Waals surface area contributed by atoms with Gasteiger partial charge in [0.05, 0.1) is 0 Å². The summed E-state index contributed by atoms with van der Waals surface area (Å²) in [6.45, 7) is 9.10. The zero-order valence-corrected chi connectivity index (χ0v) is 26.5. The maximum atomic E-state index is 2.43. The van der Waals surface area contributed by atoms with Crippen molar-refractivity contribution in [1.82, 2.24) is 0 Å². The average Bonchev–Trinajstić information content (AvgIpc) is 3.40. The van der Waals surface area contributed by atoms with Crippen LogP contribution in [-0.4, -0.2) is 0 Å². The van der Waals surface area contributed by atoms with Crippen molar-refractivity contribution in [3.63, 3.8) is 0 Å². The number of hydrogen-bond acceptors (Lipinski definition) is 0. The molecular formula is C46H32. The lowest BCUT2D eigenvalue weighted by atomic mass is 9.79. The second kappa shape index (κ2) is 9.05. The van der Waals surface area contributed by atoms with Gasteiger partial charge in [-0.1, -0.05) is 121 Å². The van der Waals surface area contributed by atoms with E-state index in [2.05, 4.69) is 149 Å². The molecule has 0 saturated carbocycles. The molecule has 0 heteroatoms. The highest BCUT2D eigenvalue weighted by Gasteiger charge is 2.33. The number of fused-ring (bicyclic) bond motifs is 6. The van der Waals surface area contributed by atoms with E-state index in [9.17, 15) is 0 Å². The third-order valence-electron chi connectivity index (χ3n) is 10.9. The van der Waals surface area contributed by atoms with Gasteiger partial charge in [-0.2, -0.15) is 0 Å². The third-order valence-corrected chi connectivity index (χ3v) is 10.9. The van der Waals surface area contributed by atoms with Gasteiger partial charge in [-0.25, -0.2) is 0 Å². The molecule has 1 aliphatic carbocycles. The first-order valence-electron chi connectivity index (χ1n) is 16.4. The van der Waals surface area contributed by atoms with E-state index in [-0.39, 0.29) is 0 Å². The number of hydrogen-bond donors (Lipinski definition) is 0. The van der Waals surface area contributed by atoms with E-state index in [0.29, 0.717) is 0 Å². The Morgan fingerprint density at radius 1 is 0.261 bits per heavy atom. The highest BCUT2D eigenvalue weighted by atomic mass is 14.4. The van der Waals surface area contributed by atoms with Gasteiger partial charge in [-0.05, 0) is 148 Å². The molecule has 0 atom stereocenters. The van der Waals surface area contributed by atoms with E-state index >= 15 is 0 Å². The molecule has 46 heavy (non-hydrogen) atoms. The molecule has 0 unspecified atom stereocenters. The van der Waals surface area contributed by atoms with Gasteiger partial charge in [0, 0.05) is 0 Å². The van der Waals surface area contributed by atoms with Gasteiger partial charge < -0.3 is 0 Å². The second-order valence-electron chi connectivity index (χ2n) is 13.4. The van der Waals surface area contributed by atoms with E-state index < -0.39 is 0 Å². The fourth-order valence-corrected chi connectivity index (χ4v) is 9.07. The van der Waals surface area contributed by atoms with Crippen LogP contribution in [0.25, 0.3) is 98.4 Å². The number of benzene rings is 9. The van der Waals surface area contributed by atoms with Crippen molar-refractivity contribution in [1.29, 1.82) is 0 Å². The lowest BCUT2D eigenvalue weighted by molar-refractivity contribution is 1.38. The molecule has 0 N–H and O–H groups in total. The molecule has 0 fully saturated rings. The van der Waals surface area contributed by atoms with Crippen LogP contribution in [0.1, 0.15) is 22.3 Å². The molecule has 10 rings (SSSR count). The summed E-state index contributed by atoms with van der Waals surface area (Å²) in [5.74, 6) is 0. The lowest BCUT2D eigenvalue weighted by Gasteiger charge is -2.24. The minimum absolute atomic E-state index is 1.31. The second-order valence-corrected chi connectivity index (χ2v) is 13.4. The van der Waals surface area contributed by atoms with Crippen molar-refractivity contribution in [2.24, 2.45) is 0 Å². The topological polar surface area (TPSA) is 0 Å². The maximum absolute atomic E-state index is 2.43. The van der Waals surface area contributed by atoms with Crippen LogP contribution in [0.4, 0.5) is 0 Å². The largest absolute Gasteiger partial charge is 0.0617 e. The summed E-state index contributed by atoms with van der Waals surface area (Å²) in [5.41, 5.74) is 16.2. The van der Waals surface area contributed by atoms with Crippen LogP contribution >= 0.6 is 0 Å². The van der Waals surface area contributed by atoms with Gasteiger partial charge in [0.15, 0.2) is 0 Å². The average molecular weight is 585 g/mol. The van der Waals surface area contributed by atoms with Gasteiger partial charge in [-0.3, -0.25) is 0 Å². The van der Waals surface area contributed by atoms with E-state index in [1.165, 1.54) is 121 Å². The first-order chi connectivity index (χ1) is 22.5. The molecule has 0 saturated heterocycles. The summed E-state index contributed by atoms with van der Waals surface area (Å²) < 4.78 is 0. The fourth-order valence-electron chi connectivity index (χ4n) is 9.07. The van der Waals surface area contributed by atoms with Gasteiger partial charge >= 0.3 is 0 Å². The molecule has 0 amide bonds. The Balaban J connectivity index is 1.50. The van der Waals surface area contributed by atoms with Gasteiger partial charge in [0.25, 0.3) is 0 Å². The van der Waals surface area contributed by atoms with E-state index in [1.807, 2.05) is 0 Å².